The second-order valence-corrected chi connectivity index (χ2v) is 7.60. The summed E-state index contributed by atoms with van der Waals surface area (Å²) in [5, 5.41) is 0.503. The van der Waals surface area contributed by atoms with Crippen LogP contribution >= 0.6 is 11.6 Å². The molecule has 1 unspecified atom stereocenters. The summed E-state index contributed by atoms with van der Waals surface area (Å²) in [6.45, 7) is 2.15. The molecule has 1 aromatic heterocycles. The van der Waals surface area contributed by atoms with Crippen molar-refractivity contribution in [2.24, 2.45) is 0 Å². The molecule has 1 aliphatic rings. The van der Waals surface area contributed by atoms with Gasteiger partial charge in [0.1, 0.15) is 6.04 Å². The fraction of sp³-hybridized carbons (Fsp3) is 0.174. The topological polar surface area (TPSA) is 70.8 Å². The SMILES string of the molecule is Cc1ccc(CN(C(=O)c2ccco2)C2CC(=O)N(c3ccc(Cl)cc3)C2=O)cc1. The van der Waals surface area contributed by atoms with Crippen LogP contribution < -0.4 is 4.90 Å². The third kappa shape index (κ3) is 3.86. The fourth-order valence-electron chi connectivity index (χ4n) is 3.48. The first-order valence-corrected chi connectivity index (χ1v) is 9.84. The van der Waals surface area contributed by atoms with Crippen molar-refractivity contribution in [3.63, 3.8) is 0 Å². The number of hydrogen-bond donors (Lipinski definition) is 0. The lowest BCUT2D eigenvalue weighted by atomic mass is 10.1. The molecule has 0 radical (unpaired) electrons. The van der Waals surface area contributed by atoms with Crippen molar-refractivity contribution in [3.05, 3.63) is 88.8 Å². The van der Waals surface area contributed by atoms with E-state index >= 15 is 0 Å². The number of nitrogens with zero attached hydrogens (tertiary/aromatic N) is 2. The van der Waals surface area contributed by atoms with E-state index in [4.69, 9.17) is 16.0 Å². The van der Waals surface area contributed by atoms with E-state index < -0.39 is 17.9 Å². The number of rotatable bonds is 5. The van der Waals surface area contributed by atoms with Gasteiger partial charge in [0, 0.05) is 11.6 Å². The summed E-state index contributed by atoms with van der Waals surface area (Å²) >= 11 is 5.92. The van der Waals surface area contributed by atoms with Crippen molar-refractivity contribution in [3.8, 4) is 0 Å². The van der Waals surface area contributed by atoms with Gasteiger partial charge in [-0.1, -0.05) is 41.4 Å². The van der Waals surface area contributed by atoms with Gasteiger partial charge in [0.15, 0.2) is 5.76 Å². The molecule has 1 fully saturated rings. The molecule has 3 amide bonds. The molecule has 1 atom stereocenters. The van der Waals surface area contributed by atoms with Crippen molar-refractivity contribution in [1.29, 1.82) is 0 Å². The molecule has 2 heterocycles. The van der Waals surface area contributed by atoms with Crippen LogP contribution in [0.25, 0.3) is 0 Å². The third-order valence-corrected chi connectivity index (χ3v) is 5.30. The highest BCUT2D eigenvalue weighted by Gasteiger charge is 2.45. The van der Waals surface area contributed by atoms with Gasteiger partial charge in [-0.3, -0.25) is 14.4 Å². The van der Waals surface area contributed by atoms with Gasteiger partial charge in [-0.15, -0.1) is 0 Å². The van der Waals surface area contributed by atoms with Gasteiger partial charge in [0.05, 0.1) is 18.4 Å². The second kappa shape index (κ2) is 8.16. The molecule has 3 aromatic rings. The number of halogens is 1. The zero-order valence-electron chi connectivity index (χ0n) is 16.2. The molecular weight excluding hydrogens is 404 g/mol. The first kappa shape index (κ1) is 19.9. The lowest BCUT2D eigenvalue weighted by molar-refractivity contribution is -0.122. The van der Waals surface area contributed by atoms with Crippen molar-refractivity contribution in [2.45, 2.75) is 25.9 Å². The maximum Gasteiger partial charge on any atom is 0.290 e. The normalized spacial score (nSPS) is 16.2. The molecule has 1 saturated heterocycles. The van der Waals surface area contributed by atoms with Crippen molar-refractivity contribution in [2.75, 3.05) is 4.90 Å². The number of anilines is 1. The van der Waals surface area contributed by atoms with Crippen LogP contribution in [0.2, 0.25) is 5.02 Å². The monoisotopic (exact) mass is 422 g/mol. The zero-order chi connectivity index (χ0) is 21.3. The summed E-state index contributed by atoms with van der Waals surface area (Å²) in [6, 6.07) is 16.4. The molecular formula is C23H19ClN2O4. The van der Waals surface area contributed by atoms with Gasteiger partial charge < -0.3 is 9.32 Å². The van der Waals surface area contributed by atoms with Crippen LogP contribution in [0.1, 0.15) is 28.1 Å². The van der Waals surface area contributed by atoms with Gasteiger partial charge in [0.25, 0.3) is 11.8 Å². The largest absolute Gasteiger partial charge is 0.459 e. The minimum absolute atomic E-state index is 0.0975. The average Bonchev–Trinajstić information content (AvgIpc) is 3.37. The Morgan fingerprint density at radius 3 is 2.43 bits per heavy atom. The van der Waals surface area contributed by atoms with Gasteiger partial charge >= 0.3 is 0 Å². The molecule has 2 aromatic carbocycles. The van der Waals surface area contributed by atoms with Gasteiger partial charge in [-0.25, -0.2) is 4.90 Å². The predicted octanol–water partition coefficient (Wildman–Crippen LogP) is 4.22. The smallest absolute Gasteiger partial charge is 0.290 e. The summed E-state index contributed by atoms with van der Waals surface area (Å²) in [5.41, 5.74) is 2.37. The minimum Gasteiger partial charge on any atom is -0.459 e. The highest BCUT2D eigenvalue weighted by atomic mass is 35.5. The van der Waals surface area contributed by atoms with E-state index in [2.05, 4.69) is 0 Å². The molecule has 30 heavy (non-hydrogen) atoms. The fourth-order valence-corrected chi connectivity index (χ4v) is 3.60. The molecule has 7 heteroatoms. The Bertz CT molecular complexity index is 1080. The van der Waals surface area contributed by atoms with Crippen molar-refractivity contribution < 1.29 is 18.8 Å². The van der Waals surface area contributed by atoms with Crippen LogP contribution in [0.4, 0.5) is 5.69 Å². The van der Waals surface area contributed by atoms with Gasteiger partial charge in [-0.05, 0) is 48.9 Å². The quantitative estimate of drug-likeness (QED) is 0.577. The maximum atomic E-state index is 13.2. The summed E-state index contributed by atoms with van der Waals surface area (Å²) < 4.78 is 5.26. The zero-order valence-corrected chi connectivity index (χ0v) is 17.0. The van der Waals surface area contributed by atoms with Gasteiger partial charge in [-0.2, -0.15) is 0 Å². The number of carbonyl (C=O) groups is 3. The predicted molar refractivity (Wildman–Crippen MR) is 112 cm³/mol. The molecule has 152 valence electrons. The Morgan fingerprint density at radius 1 is 1.10 bits per heavy atom. The molecule has 0 N–H and O–H groups in total. The highest BCUT2D eigenvalue weighted by molar-refractivity contribution is 6.31. The van der Waals surface area contributed by atoms with E-state index in [0.717, 1.165) is 16.0 Å². The maximum absolute atomic E-state index is 13.2. The number of benzene rings is 2. The molecule has 0 bridgehead atoms. The number of carbonyl (C=O) groups excluding carboxylic acids is 3. The molecule has 0 spiro atoms. The summed E-state index contributed by atoms with van der Waals surface area (Å²) in [7, 11) is 0. The molecule has 0 aliphatic carbocycles. The summed E-state index contributed by atoms with van der Waals surface area (Å²) in [6.07, 6.45) is 1.30. The van der Waals surface area contributed by atoms with E-state index in [1.165, 1.54) is 11.2 Å². The van der Waals surface area contributed by atoms with E-state index in [1.54, 1.807) is 36.4 Å². The molecule has 4 rings (SSSR count). The lowest BCUT2D eigenvalue weighted by Gasteiger charge is -2.27. The van der Waals surface area contributed by atoms with E-state index in [-0.39, 0.29) is 24.6 Å². The first-order valence-electron chi connectivity index (χ1n) is 9.46. The van der Waals surface area contributed by atoms with Crippen LogP contribution in [0, 0.1) is 6.92 Å². The van der Waals surface area contributed by atoms with E-state index in [1.807, 2.05) is 31.2 Å². The number of hydrogen-bond acceptors (Lipinski definition) is 4. The van der Waals surface area contributed by atoms with Crippen LogP contribution in [0.3, 0.4) is 0 Å². The van der Waals surface area contributed by atoms with E-state index in [9.17, 15) is 14.4 Å². The van der Waals surface area contributed by atoms with Crippen LogP contribution in [0.15, 0.2) is 71.3 Å². The standard InChI is InChI=1S/C23H19ClN2O4/c1-15-4-6-16(7-5-15)14-25(23(29)20-3-2-12-30-20)19-13-21(27)26(22(19)28)18-10-8-17(24)9-11-18/h2-12,19H,13-14H2,1H3. The Kier molecular flexibility index (Phi) is 5.42. The van der Waals surface area contributed by atoms with Crippen molar-refractivity contribution >= 4 is 35.0 Å². The number of imide groups is 1. The van der Waals surface area contributed by atoms with Gasteiger partial charge in [0.2, 0.25) is 5.91 Å². The third-order valence-electron chi connectivity index (χ3n) is 5.05. The van der Waals surface area contributed by atoms with Crippen molar-refractivity contribution in [1.82, 2.24) is 4.90 Å². The Morgan fingerprint density at radius 2 is 1.80 bits per heavy atom. The Labute approximate surface area is 178 Å². The Balaban J connectivity index is 1.66. The first-order chi connectivity index (χ1) is 14.4. The Hall–Kier alpha value is -3.38. The molecule has 6 nitrogen and oxygen atoms in total. The van der Waals surface area contributed by atoms with Crippen LogP contribution in [0.5, 0.6) is 0 Å². The minimum atomic E-state index is -0.924. The van der Waals surface area contributed by atoms with Crippen LogP contribution in [-0.2, 0) is 16.1 Å². The molecule has 0 saturated carbocycles. The summed E-state index contributed by atoms with van der Waals surface area (Å²) in [5.74, 6) is -1.14. The molecule has 1 aliphatic heterocycles. The van der Waals surface area contributed by atoms with Crippen LogP contribution in [-0.4, -0.2) is 28.7 Å². The second-order valence-electron chi connectivity index (χ2n) is 7.16. The number of amides is 3. The lowest BCUT2D eigenvalue weighted by Crippen LogP contribution is -2.45. The van der Waals surface area contributed by atoms with E-state index in [0.29, 0.717) is 10.7 Å². The highest BCUT2D eigenvalue weighted by Crippen LogP contribution is 2.28. The summed E-state index contributed by atoms with van der Waals surface area (Å²) in [4.78, 5) is 41.6. The average molecular weight is 423 g/mol. The number of aryl methyl sites for hydroxylation is 1. The number of furan rings is 1.